The van der Waals surface area contributed by atoms with Crippen LogP contribution in [0.15, 0.2) is 17.5 Å². The minimum atomic E-state index is 0.0220. The number of rotatable bonds is 6. The van der Waals surface area contributed by atoms with Crippen molar-refractivity contribution in [2.45, 2.75) is 64.5 Å². The zero-order chi connectivity index (χ0) is 22.0. The standard InChI is InChI=1S/C24H36N4O2S/c1-17-6-4-7-18(2)28(17)12-5-11-25-23(29)19-8-13-27(14-9-19)24(30)21-16-22-20(26(21)3)10-15-31-22/h10,15-19H,4-9,11-14H2,1-3H3,(H,25,29)/t17-,18-/m1/s1. The molecule has 7 heteroatoms. The molecule has 4 heterocycles. The Morgan fingerprint density at radius 2 is 1.84 bits per heavy atom. The lowest BCUT2D eigenvalue weighted by Crippen LogP contribution is -2.45. The average molecular weight is 445 g/mol. The molecule has 2 atom stereocenters. The van der Waals surface area contributed by atoms with Crippen LogP contribution in [-0.4, -0.2) is 64.4 Å². The van der Waals surface area contributed by atoms with Gasteiger partial charge in [0.05, 0.1) is 10.2 Å². The van der Waals surface area contributed by atoms with Crippen molar-refractivity contribution >= 4 is 33.4 Å². The van der Waals surface area contributed by atoms with Crippen LogP contribution in [0.4, 0.5) is 0 Å². The number of amides is 2. The summed E-state index contributed by atoms with van der Waals surface area (Å²) in [4.78, 5) is 30.1. The van der Waals surface area contributed by atoms with Crippen molar-refractivity contribution in [3.63, 3.8) is 0 Å². The molecule has 4 rings (SSSR count). The summed E-state index contributed by atoms with van der Waals surface area (Å²) in [7, 11) is 1.95. The molecule has 170 valence electrons. The van der Waals surface area contributed by atoms with Crippen molar-refractivity contribution in [2.24, 2.45) is 13.0 Å². The second-order valence-corrected chi connectivity index (χ2v) is 10.3. The SMILES string of the molecule is C[C@@H]1CCC[C@@H](C)N1CCCNC(=O)C1CCN(C(=O)c2cc3sccc3n2C)CC1. The molecule has 1 N–H and O–H groups in total. The molecule has 0 bridgehead atoms. The molecule has 0 unspecified atom stereocenters. The summed E-state index contributed by atoms with van der Waals surface area (Å²) < 4.78 is 3.13. The van der Waals surface area contributed by atoms with Gasteiger partial charge in [-0.2, -0.15) is 0 Å². The Morgan fingerprint density at radius 1 is 1.13 bits per heavy atom. The Morgan fingerprint density at radius 3 is 2.52 bits per heavy atom. The molecule has 2 aromatic heterocycles. The van der Waals surface area contributed by atoms with Crippen LogP contribution < -0.4 is 5.32 Å². The van der Waals surface area contributed by atoms with E-state index in [-0.39, 0.29) is 17.7 Å². The number of thiophene rings is 1. The zero-order valence-corrected chi connectivity index (χ0v) is 19.9. The number of aryl methyl sites for hydroxylation is 1. The van der Waals surface area contributed by atoms with Gasteiger partial charge in [-0.05, 0) is 63.5 Å². The number of hydrogen-bond acceptors (Lipinski definition) is 4. The highest BCUT2D eigenvalue weighted by molar-refractivity contribution is 7.17. The first kappa shape index (κ1) is 22.3. The molecule has 2 amide bonds. The minimum Gasteiger partial charge on any atom is -0.356 e. The molecule has 2 aliphatic heterocycles. The summed E-state index contributed by atoms with van der Waals surface area (Å²) in [6, 6.07) is 5.35. The molecule has 0 saturated carbocycles. The Balaban J connectivity index is 1.20. The van der Waals surface area contributed by atoms with Gasteiger partial charge in [0.15, 0.2) is 0 Å². The van der Waals surface area contributed by atoms with E-state index in [0.29, 0.717) is 25.2 Å². The lowest BCUT2D eigenvalue weighted by molar-refractivity contribution is -0.126. The molecule has 2 saturated heterocycles. The van der Waals surface area contributed by atoms with Crippen molar-refractivity contribution in [1.82, 2.24) is 19.7 Å². The summed E-state index contributed by atoms with van der Waals surface area (Å²) in [6.07, 6.45) is 6.40. The topological polar surface area (TPSA) is 57.6 Å². The van der Waals surface area contributed by atoms with Crippen LogP contribution in [0.5, 0.6) is 0 Å². The predicted octanol–water partition coefficient (Wildman–Crippen LogP) is 3.86. The number of carbonyl (C=O) groups excluding carboxylic acids is 2. The van der Waals surface area contributed by atoms with E-state index >= 15 is 0 Å². The zero-order valence-electron chi connectivity index (χ0n) is 19.1. The third kappa shape index (κ3) is 4.82. The van der Waals surface area contributed by atoms with Crippen molar-refractivity contribution in [2.75, 3.05) is 26.2 Å². The highest BCUT2D eigenvalue weighted by atomic mass is 32.1. The van der Waals surface area contributed by atoms with Gasteiger partial charge in [-0.1, -0.05) is 6.42 Å². The average Bonchev–Trinajstić information content (AvgIpc) is 3.35. The molecular formula is C24H36N4O2S. The fourth-order valence-corrected chi connectivity index (χ4v) is 6.14. The van der Waals surface area contributed by atoms with Crippen molar-refractivity contribution in [1.29, 1.82) is 0 Å². The van der Waals surface area contributed by atoms with Gasteiger partial charge in [-0.15, -0.1) is 11.3 Å². The minimum absolute atomic E-state index is 0.0220. The predicted molar refractivity (Wildman–Crippen MR) is 127 cm³/mol. The highest BCUT2D eigenvalue weighted by Gasteiger charge is 2.29. The number of aromatic nitrogens is 1. The molecule has 0 spiro atoms. The van der Waals surface area contributed by atoms with Crippen LogP contribution in [0.1, 0.15) is 62.9 Å². The van der Waals surface area contributed by atoms with Crippen LogP contribution in [0.2, 0.25) is 0 Å². The largest absolute Gasteiger partial charge is 0.356 e. The Labute approximate surface area is 189 Å². The fraction of sp³-hybridized carbons (Fsp3) is 0.667. The maximum Gasteiger partial charge on any atom is 0.270 e. The van der Waals surface area contributed by atoms with Gasteiger partial charge in [-0.25, -0.2) is 0 Å². The second-order valence-electron chi connectivity index (χ2n) is 9.34. The maximum absolute atomic E-state index is 13.0. The normalized spacial score (nSPS) is 23.4. The van der Waals surface area contributed by atoms with Crippen LogP contribution in [-0.2, 0) is 11.8 Å². The molecule has 2 fully saturated rings. The quantitative estimate of drug-likeness (QED) is 0.689. The number of fused-ring (bicyclic) bond motifs is 1. The monoisotopic (exact) mass is 444 g/mol. The fourth-order valence-electron chi connectivity index (χ4n) is 5.30. The molecule has 0 radical (unpaired) electrons. The molecule has 31 heavy (non-hydrogen) atoms. The van der Waals surface area contributed by atoms with E-state index in [9.17, 15) is 9.59 Å². The number of nitrogens with zero attached hydrogens (tertiary/aromatic N) is 3. The second kappa shape index (κ2) is 9.74. The summed E-state index contributed by atoms with van der Waals surface area (Å²) in [5.74, 6) is 0.259. The number of piperidine rings is 2. The summed E-state index contributed by atoms with van der Waals surface area (Å²) in [5.41, 5.74) is 1.85. The number of likely N-dealkylation sites (tertiary alicyclic amines) is 2. The number of hydrogen-bond donors (Lipinski definition) is 1. The number of nitrogens with one attached hydrogen (secondary N) is 1. The van der Waals surface area contributed by atoms with E-state index in [2.05, 4.69) is 35.5 Å². The Kier molecular flexibility index (Phi) is 7.02. The molecule has 0 aliphatic carbocycles. The summed E-state index contributed by atoms with van der Waals surface area (Å²) in [6.45, 7) is 7.75. The van der Waals surface area contributed by atoms with Gasteiger partial charge in [-0.3, -0.25) is 14.5 Å². The smallest absolute Gasteiger partial charge is 0.270 e. The van der Waals surface area contributed by atoms with E-state index in [1.807, 2.05) is 22.6 Å². The van der Waals surface area contributed by atoms with Crippen molar-refractivity contribution in [3.05, 3.63) is 23.2 Å². The summed E-state index contributed by atoms with van der Waals surface area (Å²) in [5, 5.41) is 5.20. The van der Waals surface area contributed by atoms with E-state index in [1.165, 1.54) is 19.3 Å². The van der Waals surface area contributed by atoms with Gasteiger partial charge in [0.25, 0.3) is 5.91 Å². The Bertz CT molecular complexity index is 902. The van der Waals surface area contributed by atoms with E-state index in [1.54, 1.807) is 11.3 Å². The third-order valence-corrected chi connectivity index (χ3v) is 8.16. The first-order valence-electron chi connectivity index (χ1n) is 11.8. The van der Waals surface area contributed by atoms with Crippen LogP contribution in [0.25, 0.3) is 10.2 Å². The summed E-state index contributed by atoms with van der Waals surface area (Å²) >= 11 is 1.66. The lowest BCUT2D eigenvalue weighted by atomic mass is 9.95. The van der Waals surface area contributed by atoms with Crippen LogP contribution in [0, 0.1) is 5.92 Å². The van der Waals surface area contributed by atoms with Crippen LogP contribution in [0.3, 0.4) is 0 Å². The van der Waals surface area contributed by atoms with Crippen molar-refractivity contribution in [3.8, 4) is 0 Å². The van der Waals surface area contributed by atoms with Gasteiger partial charge in [0.2, 0.25) is 5.91 Å². The van der Waals surface area contributed by atoms with Crippen LogP contribution >= 0.6 is 11.3 Å². The van der Waals surface area contributed by atoms with Gasteiger partial charge in [0.1, 0.15) is 5.69 Å². The van der Waals surface area contributed by atoms with E-state index in [0.717, 1.165) is 48.3 Å². The molecular weight excluding hydrogens is 408 g/mol. The first-order valence-corrected chi connectivity index (χ1v) is 12.7. The molecule has 2 aromatic rings. The van der Waals surface area contributed by atoms with E-state index in [4.69, 9.17) is 0 Å². The Hall–Kier alpha value is -1.86. The number of carbonyl (C=O) groups is 2. The molecule has 6 nitrogen and oxygen atoms in total. The third-order valence-electron chi connectivity index (χ3n) is 7.30. The molecule has 2 aliphatic rings. The van der Waals surface area contributed by atoms with Gasteiger partial charge in [0, 0.05) is 51.2 Å². The van der Waals surface area contributed by atoms with Crippen molar-refractivity contribution < 1.29 is 9.59 Å². The highest BCUT2D eigenvalue weighted by Crippen LogP contribution is 2.26. The van der Waals surface area contributed by atoms with Gasteiger partial charge < -0.3 is 14.8 Å². The van der Waals surface area contributed by atoms with Gasteiger partial charge >= 0.3 is 0 Å². The molecule has 0 aromatic carbocycles. The maximum atomic E-state index is 13.0. The lowest BCUT2D eigenvalue weighted by Gasteiger charge is -2.39. The first-order chi connectivity index (χ1) is 15.0. The van der Waals surface area contributed by atoms with E-state index < -0.39 is 0 Å².